The van der Waals surface area contributed by atoms with E-state index in [2.05, 4.69) is 16.2 Å². The lowest BCUT2D eigenvalue weighted by Crippen LogP contribution is -2.43. The molecule has 0 aliphatic carbocycles. The lowest BCUT2D eigenvalue weighted by molar-refractivity contribution is 0.0938. The highest BCUT2D eigenvalue weighted by atomic mass is 19.1. The van der Waals surface area contributed by atoms with Gasteiger partial charge in [0.25, 0.3) is 5.91 Å². The Morgan fingerprint density at radius 3 is 2.03 bits per heavy atom. The molecule has 0 atom stereocenters. The second-order valence-electron chi connectivity index (χ2n) is 6.43. The fourth-order valence-corrected chi connectivity index (χ4v) is 2.60. The number of hydrogen-bond donors (Lipinski definition) is 3. The first kappa shape index (κ1) is 21.6. The summed E-state index contributed by atoms with van der Waals surface area (Å²) in [6.45, 7) is 2.87. The van der Waals surface area contributed by atoms with Gasteiger partial charge in [-0.25, -0.2) is 14.6 Å². The molecule has 0 bridgehead atoms. The average Bonchev–Trinajstić information content (AvgIpc) is 2.79. The normalized spacial score (nSPS) is 10.1. The van der Waals surface area contributed by atoms with Gasteiger partial charge in [0.05, 0.1) is 6.61 Å². The fourth-order valence-electron chi connectivity index (χ4n) is 2.60. The molecule has 160 valence electrons. The fraction of sp³-hybridized carbons (Fsp3) is 0.130. The summed E-state index contributed by atoms with van der Waals surface area (Å²) in [6.07, 6.45) is 0. The molecule has 0 aromatic heterocycles. The monoisotopic (exact) mass is 423 g/mol. The number of nitrogens with one attached hydrogen (secondary N) is 3. The summed E-state index contributed by atoms with van der Waals surface area (Å²) in [6, 6.07) is 18.7. The molecule has 3 rings (SSSR count). The molecule has 0 unspecified atom stereocenters. The Hall–Kier alpha value is -4.07. The predicted octanol–water partition coefficient (Wildman–Crippen LogP) is 4.27. The third kappa shape index (κ3) is 6.74. The number of halogens is 1. The largest absolute Gasteiger partial charge is 0.494 e. The maximum Gasteiger partial charge on any atom is 0.337 e. The number of benzene rings is 3. The van der Waals surface area contributed by atoms with Crippen LogP contribution in [0.25, 0.3) is 0 Å². The Morgan fingerprint density at radius 2 is 1.42 bits per heavy atom. The summed E-state index contributed by atoms with van der Waals surface area (Å²) < 4.78 is 24.0. The number of urea groups is 1. The number of ether oxygens (including phenoxy) is 2. The SMILES string of the molecule is CCOc1ccc(OCc2ccc(C(=O)NNC(=O)Nc3ccc(F)cc3)cc2)cc1. The van der Waals surface area contributed by atoms with Crippen LogP contribution in [-0.4, -0.2) is 18.5 Å². The molecule has 0 heterocycles. The first-order valence-electron chi connectivity index (χ1n) is 9.61. The molecule has 0 spiro atoms. The van der Waals surface area contributed by atoms with Crippen molar-refractivity contribution in [2.24, 2.45) is 0 Å². The molecule has 0 fully saturated rings. The van der Waals surface area contributed by atoms with E-state index in [1.807, 2.05) is 31.2 Å². The van der Waals surface area contributed by atoms with Crippen LogP contribution in [0.5, 0.6) is 11.5 Å². The zero-order valence-electron chi connectivity index (χ0n) is 16.9. The van der Waals surface area contributed by atoms with Gasteiger partial charge in [-0.1, -0.05) is 12.1 Å². The van der Waals surface area contributed by atoms with E-state index in [4.69, 9.17) is 9.47 Å². The van der Waals surface area contributed by atoms with E-state index in [1.54, 1.807) is 24.3 Å². The van der Waals surface area contributed by atoms with Gasteiger partial charge in [0.1, 0.15) is 23.9 Å². The van der Waals surface area contributed by atoms with Gasteiger partial charge in [-0.3, -0.25) is 10.2 Å². The van der Waals surface area contributed by atoms with Crippen LogP contribution in [0.2, 0.25) is 0 Å². The molecule has 3 aromatic rings. The molecule has 0 aliphatic rings. The number of carbonyl (C=O) groups excluding carboxylic acids is 2. The van der Waals surface area contributed by atoms with Crippen molar-refractivity contribution in [3.63, 3.8) is 0 Å². The Labute approximate surface area is 179 Å². The van der Waals surface area contributed by atoms with Gasteiger partial charge in [-0.15, -0.1) is 0 Å². The average molecular weight is 423 g/mol. The van der Waals surface area contributed by atoms with Gasteiger partial charge in [-0.2, -0.15) is 0 Å². The lowest BCUT2D eigenvalue weighted by atomic mass is 10.1. The molecule has 3 aromatic carbocycles. The van der Waals surface area contributed by atoms with Crippen molar-refractivity contribution in [2.75, 3.05) is 11.9 Å². The number of hydrogen-bond acceptors (Lipinski definition) is 4. The van der Waals surface area contributed by atoms with E-state index >= 15 is 0 Å². The van der Waals surface area contributed by atoms with E-state index < -0.39 is 17.8 Å². The minimum absolute atomic E-state index is 0.341. The third-order valence-corrected chi connectivity index (χ3v) is 4.15. The predicted molar refractivity (Wildman–Crippen MR) is 114 cm³/mol. The second kappa shape index (κ2) is 10.6. The molecular weight excluding hydrogens is 401 g/mol. The highest BCUT2D eigenvalue weighted by molar-refractivity contribution is 5.97. The lowest BCUT2D eigenvalue weighted by Gasteiger charge is -2.10. The Morgan fingerprint density at radius 1 is 0.806 bits per heavy atom. The maximum absolute atomic E-state index is 12.9. The van der Waals surface area contributed by atoms with Gasteiger partial charge >= 0.3 is 6.03 Å². The quantitative estimate of drug-likeness (QED) is 0.495. The molecule has 7 nitrogen and oxygen atoms in total. The van der Waals surface area contributed by atoms with Crippen molar-refractivity contribution in [3.8, 4) is 11.5 Å². The van der Waals surface area contributed by atoms with Crippen LogP contribution >= 0.6 is 0 Å². The van der Waals surface area contributed by atoms with Crippen LogP contribution in [0.15, 0.2) is 72.8 Å². The Balaban J connectivity index is 1.44. The highest BCUT2D eigenvalue weighted by Gasteiger charge is 2.08. The number of amides is 3. The number of rotatable bonds is 7. The maximum atomic E-state index is 12.9. The molecule has 0 radical (unpaired) electrons. The summed E-state index contributed by atoms with van der Waals surface area (Å²) in [5.74, 6) is 0.604. The van der Waals surface area contributed by atoms with Crippen molar-refractivity contribution in [1.82, 2.24) is 10.9 Å². The van der Waals surface area contributed by atoms with Gasteiger partial charge < -0.3 is 14.8 Å². The van der Waals surface area contributed by atoms with Crippen LogP contribution in [0.4, 0.5) is 14.9 Å². The summed E-state index contributed by atoms with van der Waals surface area (Å²) in [7, 11) is 0. The molecule has 0 saturated heterocycles. The van der Waals surface area contributed by atoms with Crippen LogP contribution in [0, 0.1) is 5.82 Å². The molecule has 31 heavy (non-hydrogen) atoms. The molecular formula is C23H22FN3O4. The summed E-state index contributed by atoms with van der Waals surface area (Å²) in [5, 5.41) is 2.47. The minimum Gasteiger partial charge on any atom is -0.494 e. The van der Waals surface area contributed by atoms with E-state index in [0.717, 1.165) is 11.3 Å². The van der Waals surface area contributed by atoms with Crippen molar-refractivity contribution in [2.45, 2.75) is 13.5 Å². The topological polar surface area (TPSA) is 88.7 Å². The van der Waals surface area contributed by atoms with Crippen molar-refractivity contribution in [1.29, 1.82) is 0 Å². The van der Waals surface area contributed by atoms with Crippen molar-refractivity contribution in [3.05, 3.63) is 89.7 Å². The first-order valence-corrected chi connectivity index (χ1v) is 9.61. The summed E-state index contributed by atoms with van der Waals surface area (Å²) in [5.41, 5.74) is 6.19. The van der Waals surface area contributed by atoms with E-state index in [-0.39, 0.29) is 0 Å². The van der Waals surface area contributed by atoms with Gasteiger partial charge in [0, 0.05) is 11.3 Å². The van der Waals surface area contributed by atoms with Crippen molar-refractivity contribution < 1.29 is 23.5 Å². The third-order valence-electron chi connectivity index (χ3n) is 4.15. The Bertz CT molecular complexity index is 1010. The molecule has 8 heteroatoms. The highest BCUT2D eigenvalue weighted by Crippen LogP contribution is 2.18. The zero-order valence-corrected chi connectivity index (χ0v) is 16.9. The molecule has 3 amide bonds. The molecule has 0 saturated carbocycles. The van der Waals surface area contributed by atoms with Crippen LogP contribution in [-0.2, 0) is 6.61 Å². The number of carbonyl (C=O) groups is 2. The number of hydrazine groups is 1. The molecule has 0 aliphatic heterocycles. The van der Waals surface area contributed by atoms with Crippen LogP contribution in [0.1, 0.15) is 22.8 Å². The van der Waals surface area contributed by atoms with Gasteiger partial charge in [-0.05, 0) is 73.2 Å². The minimum atomic E-state index is -0.652. The number of anilines is 1. The van der Waals surface area contributed by atoms with Crippen molar-refractivity contribution >= 4 is 17.6 Å². The van der Waals surface area contributed by atoms with E-state index in [9.17, 15) is 14.0 Å². The van der Waals surface area contributed by atoms with E-state index in [1.165, 1.54) is 24.3 Å². The standard InChI is InChI=1S/C23H22FN3O4/c1-2-30-20-11-13-21(14-12-20)31-15-16-3-5-17(6-4-16)22(28)26-27-23(29)25-19-9-7-18(24)8-10-19/h3-14H,2,15H2,1H3,(H,26,28)(H2,25,27,29). The zero-order chi connectivity index (χ0) is 22.1. The first-order chi connectivity index (χ1) is 15.0. The second-order valence-corrected chi connectivity index (χ2v) is 6.43. The smallest absolute Gasteiger partial charge is 0.337 e. The summed E-state index contributed by atoms with van der Waals surface area (Å²) >= 11 is 0. The van der Waals surface area contributed by atoms with Gasteiger partial charge in [0.15, 0.2) is 0 Å². The Kier molecular flexibility index (Phi) is 7.42. The molecule has 3 N–H and O–H groups in total. The van der Waals surface area contributed by atoms with Crippen LogP contribution < -0.4 is 25.6 Å². The summed E-state index contributed by atoms with van der Waals surface area (Å²) in [4.78, 5) is 24.0. The van der Waals surface area contributed by atoms with E-state index in [0.29, 0.717) is 30.2 Å². The van der Waals surface area contributed by atoms with Crippen LogP contribution in [0.3, 0.4) is 0 Å². The van der Waals surface area contributed by atoms with Gasteiger partial charge in [0.2, 0.25) is 0 Å².